The Labute approximate surface area is 260 Å². The van der Waals surface area contributed by atoms with Gasteiger partial charge >= 0.3 is 5.97 Å². The molecule has 0 saturated carbocycles. The Morgan fingerprint density at radius 3 is 2.26 bits per heavy atom. The van der Waals surface area contributed by atoms with E-state index in [4.69, 9.17) is 32.7 Å². The predicted molar refractivity (Wildman–Crippen MR) is 163 cm³/mol. The van der Waals surface area contributed by atoms with Gasteiger partial charge in [0.25, 0.3) is 5.91 Å². The fraction of sp³-hybridized carbons (Fsp3) is 0.394. The number of ether oxygens (including phenoxy) is 2. The monoisotopic (exact) mass is 631 g/mol. The summed E-state index contributed by atoms with van der Waals surface area (Å²) < 4.78 is 28.2. The normalized spacial score (nSPS) is 16.7. The molecule has 1 heterocycles. The van der Waals surface area contributed by atoms with Gasteiger partial charge in [-0.05, 0) is 92.1 Å². The van der Waals surface area contributed by atoms with Crippen LogP contribution in [0.4, 0.5) is 4.39 Å². The summed E-state index contributed by atoms with van der Waals surface area (Å²) in [6.45, 7) is 6.28. The number of carboxylic acid groups (broad SMARTS) is 1. The van der Waals surface area contributed by atoms with E-state index in [0.29, 0.717) is 48.6 Å². The summed E-state index contributed by atoms with van der Waals surface area (Å²) in [4.78, 5) is 25.8. The molecule has 1 fully saturated rings. The molecule has 43 heavy (non-hydrogen) atoms. The number of hydrogen-bond acceptors (Lipinski definition) is 5. The number of hydrogen-bond donors (Lipinski definition) is 3. The Balaban J connectivity index is 1.87. The predicted octanol–water partition coefficient (Wildman–Crippen LogP) is 7.08. The minimum atomic E-state index is -1.41. The standard InChI is InChI=1S/C33H36Cl2FNO6/c1-4-33(41,22-12-14-42-15-13-22)23-16-27(30(38)37-19-20-6-9-25(35)18-26(20)31(39)40)29(28(36)17-23)32(3,43-5-2)21-7-10-24(34)11-8-21/h6-11,16-18,22,41H,4-5,12-15,19H2,1-3H3,(H,37,38)(H,39,40)/t32-,33+/m1/s1. The van der Waals surface area contributed by atoms with Crippen LogP contribution in [0.15, 0.2) is 54.6 Å². The molecule has 230 valence electrons. The van der Waals surface area contributed by atoms with E-state index in [-0.39, 0.29) is 46.3 Å². The van der Waals surface area contributed by atoms with E-state index in [2.05, 4.69) is 5.32 Å². The lowest BCUT2D eigenvalue weighted by molar-refractivity contribution is -0.0733. The summed E-state index contributed by atoms with van der Waals surface area (Å²) in [6, 6.07) is 13.9. The van der Waals surface area contributed by atoms with Crippen molar-refractivity contribution >= 4 is 35.1 Å². The Morgan fingerprint density at radius 2 is 1.65 bits per heavy atom. The van der Waals surface area contributed by atoms with Gasteiger partial charge in [-0.2, -0.15) is 0 Å². The third kappa shape index (κ3) is 6.89. The van der Waals surface area contributed by atoms with Crippen molar-refractivity contribution in [2.45, 2.75) is 57.8 Å². The Hall–Kier alpha value is -3.01. The molecule has 1 amide bonds. The maximum Gasteiger partial charge on any atom is 0.336 e. The molecule has 2 atom stereocenters. The van der Waals surface area contributed by atoms with E-state index in [1.54, 1.807) is 38.1 Å². The van der Waals surface area contributed by atoms with Gasteiger partial charge in [-0.25, -0.2) is 9.18 Å². The second-order valence-electron chi connectivity index (χ2n) is 10.8. The topological polar surface area (TPSA) is 105 Å². The van der Waals surface area contributed by atoms with Gasteiger partial charge in [0, 0.05) is 47.5 Å². The number of aliphatic hydroxyl groups is 1. The first-order valence-electron chi connectivity index (χ1n) is 14.3. The highest BCUT2D eigenvalue weighted by Gasteiger charge is 2.42. The average molecular weight is 633 g/mol. The fourth-order valence-electron chi connectivity index (χ4n) is 5.95. The highest BCUT2D eigenvalue weighted by atomic mass is 35.5. The van der Waals surface area contributed by atoms with Gasteiger partial charge in [0.05, 0.1) is 11.2 Å². The molecule has 1 saturated heterocycles. The Morgan fingerprint density at radius 1 is 1.00 bits per heavy atom. The summed E-state index contributed by atoms with van der Waals surface area (Å²) in [6.07, 6.45) is 1.47. The first kappa shape index (κ1) is 32.9. The van der Waals surface area contributed by atoms with E-state index in [1.165, 1.54) is 30.3 Å². The van der Waals surface area contributed by atoms with Gasteiger partial charge in [0.15, 0.2) is 0 Å². The molecule has 4 rings (SSSR count). The van der Waals surface area contributed by atoms with Crippen LogP contribution in [0.1, 0.15) is 83.0 Å². The van der Waals surface area contributed by atoms with Crippen molar-refractivity contribution < 1.29 is 33.7 Å². The van der Waals surface area contributed by atoms with Crippen LogP contribution >= 0.6 is 23.2 Å². The van der Waals surface area contributed by atoms with Crippen molar-refractivity contribution in [1.82, 2.24) is 5.32 Å². The van der Waals surface area contributed by atoms with Gasteiger partial charge in [-0.1, -0.05) is 48.3 Å². The van der Waals surface area contributed by atoms with Gasteiger partial charge in [-0.3, -0.25) is 4.79 Å². The quantitative estimate of drug-likeness (QED) is 0.209. The molecule has 3 N–H and O–H groups in total. The third-order valence-electron chi connectivity index (χ3n) is 8.32. The zero-order valence-corrected chi connectivity index (χ0v) is 25.9. The molecular formula is C33H36Cl2FNO6. The molecule has 0 radical (unpaired) electrons. The molecule has 0 aromatic heterocycles. The highest BCUT2D eigenvalue weighted by Crippen LogP contribution is 2.43. The summed E-state index contributed by atoms with van der Waals surface area (Å²) in [5.74, 6) is -2.77. The maximum absolute atomic E-state index is 16.6. The molecule has 1 aliphatic rings. The summed E-state index contributed by atoms with van der Waals surface area (Å²) in [7, 11) is 0. The maximum atomic E-state index is 16.6. The van der Waals surface area contributed by atoms with Crippen molar-refractivity contribution in [1.29, 1.82) is 0 Å². The number of nitrogens with one attached hydrogen (secondary N) is 1. The van der Waals surface area contributed by atoms with Gasteiger partial charge in [0.1, 0.15) is 11.4 Å². The Bertz CT molecular complexity index is 1480. The number of carbonyl (C=O) groups is 2. The number of amides is 1. The van der Waals surface area contributed by atoms with Crippen molar-refractivity contribution in [3.8, 4) is 0 Å². The van der Waals surface area contributed by atoms with E-state index in [0.717, 1.165) is 0 Å². The molecule has 3 aromatic carbocycles. The molecule has 0 bridgehead atoms. The van der Waals surface area contributed by atoms with Crippen molar-refractivity contribution in [2.24, 2.45) is 5.92 Å². The molecular weight excluding hydrogens is 596 g/mol. The summed E-state index contributed by atoms with van der Waals surface area (Å²) >= 11 is 12.1. The number of halogens is 3. The average Bonchev–Trinajstić information content (AvgIpc) is 3.00. The number of rotatable bonds is 11. The van der Waals surface area contributed by atoms with Crippen molar-refractivity contribution in [3.05, 3.63) is 104 Å². The van der Waals surface area contributed by atoms with Crippen LogP contribution in [0.5, 0.6) is 0 Å². The van der Waals surface area contributed by atoms with E-state index < -0.39 is 28.9 Å². The number of benzene rings is 3. The summed E-state index contributed by atoms with van der Waals surface area (Å²) in [5.41, 5.74) is -1.77. The lowest BCUT2D eigenvalue weighted by Crippen LogP contribution is -2.39. The molecule has 10 heteroatoms. The minimum Gasteiger partial charge on any atom is -0.478 e. The van der Waals surface area contributed by atoms with E-state index in [1.807, 2.05) is 6.92 Å². The number of aromatic carboxylic acids is 1. The lowest BCUT2D eigenvalue weighted by Gasteiger charge is -2.39. The molecule has 1 aliphatic heterocycles. The number of carbonyl (C=O) groups excluding carboxylic acids is 1. The van der Waals surface area contributed by atoms with Crippen LogP contribution in [0.25, 0.3) is 0 Å². The molecule has 3 aromatic rings. The first-order chi connectivity index (χ1) is 20.4. The fourth-order valence-corrected chi connectivity index (χ4v) is 6.25. The zero-order valence-electron chi connectivity index (χ0n) is 24.4. The van der Waals surface area contributed by atoms with Gasteiger partial charge in [-0.15, -0.1) is 0 Å². The van der Waals surface area contributed by atoms with Crippen molar-refractivity contribution in [3.63, 3.8) is 0 Å². The number of carboxylic acids is 1. The van der Waals surface area contributed by atoms with E-state index >= 15 is 4.39 Å². The zero-order chi connectivity index (χ0) is 31.4. The lowest BCUT2D eigenvalue weighted by atomic mass is 9.73. The largest absolute Gasteiger partial charge is 0.478 e. The molecule has 7 nitrogen and oxygen atoms in total. The van der Waals surface area contributed by atoms with E-state index in [9.17, 15) is 19.8 Å². The SMILES string of the molecule is CCO[C@](C)(c1ccc(Cl)cc1)c1c(F)cc([C@](O)(CC)C2CCOCC2)cc1C(=O)NCc1ccc(Cl)cc1C(=O)O. The van der Waals surface area contributed by atoms with Crippen LogP contribution in [-0.4, -0.2) is 41.9 Å². The minimum absolute atomic E-state index is 0.0158. The van der Waals surface area contributed by atoms with Crippen LogP contribution in [0.2, 0.25) is 10.0 Å². The second-order valence-corrected chi connectivity index (χ2v) is 11.7. The van der Waals surface area contributed by atoms with Gasteiger partial charge < -0.3 is 25.0 Å². The van der Waals surface area contributed by atoms with Crippen LogP contribution < -0.4 is 5.32 Å². The van der Waals surface area contributed by atoms with Crippen LogP contribution in [-0.2, 0) is 27.2 Å². The van der Waals surface area contributed by atoms with Gasteiger partial charge in [0.2, 0.25) is 0 Å². The Kier molecular flexibility index (Phi) is 10.5. The molecule has 0 spiro atoms. The molecule has 0 aliphatic carbocycles. The van der Waals surface area contributed by atoms with Crippen LogP contribution in [0.3, 0.4) is 0 Å². The molecule has 0 unspecified atom stereocenters. The first-order valence-corrected chi connectivity index (χ1v) is 15.0. The van der Waals surface area contributed by atoms with Crippen molar-refractivity contribution in [2.75, 3.05) is 19.8 Å². The third-order valence-corrected chi connectivity index (χ3v) is 8.80. The highest BCUT2D eigenvalue weighted by molar-refractivity contribution is 6.31. The summed E-state index contributed by atoms with van der Waals surface area (Å²) in [5, 5.41) is 25.1. The second kappa shape index (κ2) is 13.7. The van der Waals surface area contributed by atoms with Crippen LogP contribution in [0, 0.1) is 11.7 Å². The smallest absolute Gasteiger partial charge is 0.336 e.